The molecule has 1 saturated carbocycles. The molecule has 0 unspecified atom stereocenters. The number of imidazole rings is 1. The number of anilines is 1. The molecule has 192 valence electrons. The third-order valence-electron chi connectivity index (χ3n) is 6.31. The van der Waals surface area contributed by atoms with Crippen LogP contribution in [0.15, 0.2) is 12.7 Å². The van der Waals surface area contributed by atoms with Gasteiger partial charge in [0.05, 0.1) is 18.2 Å². The molecule has 0 spiro atoms. The smallest absolute Gasteiger partial charge is 0.308 e. The molecule has 2 aromatic heterocycles. The highest BCUT2D eigenvalue weighted by atomic mass is 16.6. The number of hydrogen-bond acceptors (Lipinski definition) is 11. The van der Waals surface area contributed by atoms with Gasteiger partial charge in [-0.1, -0.05) is 27.7 Å². The number of aliphatic hydroxyl groups is 2. The Morgan fingerprint density at radius 2 is 1.86 bits per heavy atom. The second kappa shape index (κ2) is 10.4. The number of carbonyl (C=O) groups excluding carboxylic acids is 2. The Labute approximate surface area is 203 Å². The van der Waals surface area contributed by atoms with Crippen molar-refractivity contribution >= 4 is 28.9 Å². The van der Waals surface area contributed by atoms with Gasteiger partial charge >= 0.3 is 11.9 Å². The molecule has 0 amide bonds. The normalized spacial score (nSPS) is 28.7. The van der Waals surface area contributed by atoms with Gasteiger partial charge in [-0.05, 0) is 12.8 Å². The summed E-state index contributed by atoms with van der Waals surface area (Å²) >= 11 is 0. The number of carbonyl (C=O) groups is 2. The molecule has 1 saturated heterocycles. The molecule has 6 atom stereocenters. The topological polar surface area (TPSA) is 158 Å². The molecule has 2 aliphatic rings. The van der Waals surface area contributed by atoms with Crippen molar-refractivity contribution in [3.8, 4) is 0 Å². The number of esters is 2. The molecule has 3 N–H and O–H groups in total. The van der Waals surface area contributed by atoms with Gasteiger partial charge in [0.25, 0.3) is 0 Å². The molecule has 1 aliphatic heterocycles. The van der Waals surface area contributed by atoms with Crippen LogP contribution in [0.4, 0.5) is 5.82 Å². The number of aliphatic hydroxyl groups excluding tert-OH is 2. The van der Waals surface area contributed by atoms with Crippen LogP contribution in [0.2, 0.25) is 0 Å². The van der Waals surface area contributed by atoms with Crippen molar-refractivity contribution in [1.82, 2.24) is 19.5 Å². The van der Waals surface area contributed by atoms with Crippen LogP contribution in [-0.4, -0.2) is 78.7 Å². The largest absolute Gasteiger partial charge is 0.463 e. The number of rotatable bonds is 8. The maximum Gasteiger partial charge on any atom is 0.308 e. The summed E-state index contributed by atoms with van der Waals surface area (Å²) in [6.07, 6.45) is 0.583. The van der Waals surface area contributed by atoms with Crippen LogP contribution in [0.1, 0.15) is 53.2 Å². The van der Waals surface area contributed by atoms with E-state index in [2.05, 4.69) is 20.3 Å². The van der Waals surface area contributed by atoms with Crippen molar-refractivity contribution in [3.05, 3.63) is 12.7 Å². The van der Waals surface area contributed by atoms with E-state index < -0.39 is 30.5 Å². The van der Waals surface area contributed by atoms with Crippen molar-refractivity contribution in [2.24, 2.45) is 11.8 Å². The van der Waals surface area contributed by atoms with Crippen molar-refractivity contribution in [2.75, 3.05) is 11.9 Å². The van der Waals surface area contributed by atoms with E-state index in [1.807, 2.05) is 13.8 Å². The van der Waals surface area contributed by atoms with E-state index >= 15 is 0 Å². The van der Waals surface area contributed by atoms with Gasteiger partial charge in [0.15, 0.2) is 23.2 Å². The molecule has 2 fully saturated rings. The van der Waals surface area contributed by atoms with E-state index in [0.29, 0.717) is 23.4 Å². The average molecular weight is 492 g/mol. The Morgan fingerprint density at radius 3 is 2.57 bits per heavy atom. The number of hydrogen-bond donors (Lipinski definition) is 3. The Bertz CT molecular complexity index is 1060. The Balaban J connectivity index is 1.44. The number of ether oxygens (including phenoxy) is 3. The fourth-order valence-corrected chi connectivity index (χ4v) is 4.24. The molecular formula is C23H33N5O7. The second-order valence-electron chi connectivity index (χ2n) is 9.75. The van der Waals surface area contributed by atoms with Crippen LogP contribution >= 0.6 is 0 Å². The van der Waals surface area contributed by atoms with Crippen molar-refractivity contribution in [1.29, 1.82) is 0 Å². The first-order valence-corrected chi connectivity index (χ1v) is 12.0. The van der Waals surface area contributed by atoms with E-state index in [0.717, 1.165) is 12.8 Å². The van der Waals surface area contributed by atoms with E-state index in [4.69, 9.17) is 14.2 Å². The number of nitrogens with one attached hydrogen (secondary N) is 1. The van der Waals surface area contributed by atoms with Crippen molar-refractivity contribution < 1.29 is 34.0 Å². The van der Waals surface area contributed by atoms with Gasteiger partial charge in [-0.3, -0.25) is 14.2 Å². The summed E-state index contributed by atoms with van der Waals surface area (Å²) in [7, 11) is 0. The fraction of sp³-hybridized carbons (Fsp3) is 0.696. The van der Waals surface area contributed by atoms with Crippen molar-refractivity contribution in [3.63, 3.8) is 0 Å². The lowest BCUT2D eigenvalue weighted by Gasteiger charge is -2.17. The third kappa shape index (κ3) is 5.39. The molecule has 0 bridgehead atoms. The quantitative estimate of drug-likeness (QED) is 0.455. The zero-order valence-electron chi connectivity index (χ0n) is 20.3. The predicted octanol–water partition coefficient (Wildman–Crippen LogP) is 1.18. The van der Waals surface area contributed by atoms with Gasteiger partial charge in [-0.2, -0.15) is 0 Å². The molecule has 2 aromatic rings. The summed E-state index contributed by atoms with van der Waals surface area (Å²) in [6.45, 7) is 6.86. The SMILES string of the molecule is CC(C)C(=O)OC[C@H]1O[C@@H](n2cnc3c(N[C@@H]4CC[C@@H](OC(=O)C(C)C)C4)ncnc32)[C@H](O)[C@H]1O. The summed E-state index contributed by atoms with van der Waals surface area (Å²) in [6, 6.07) is 0.0541. The Kier molecular flexibility index (Phi) is 7.53. The first-order chi connectivity index (χ1) is 16.7. The number of nitrogens with zero attached hydrogens (tertiary/aromatic N) is 4. The lowest BCUT2D eigenvalue weighted by atomic mass is 10.1. The highest BCUT2D eigenvalue weighted by molar-refractivity contribution is 5.83. The Morgan fingerprint density at radius 1 is 1.11 bits per heavy atom. The van der Waals surface area contributed by atoms with Gasteiger partial charge in [0, 0.05) is 12.5 Å². The third-order valence-corrected chi connectivity index (χ3v) is 6.31. The summed E-state index contributed by atoms with van der Waals surface area (Å²) in [4.78, 5) is 36.7. The van der Waals surface area contributed by atoms with Gasteiger partial charge in [-0.25, -0.2) is 15.0 Å². The predicted molar refractivity (Wildman–Crippen MR) is 123 cm³/mol. The molecule has 0 radical (unpaired) electrons. The van der Waals surface area contributed by atoms with E-state index in [9.17, 15) is 19.8 Å². The first-order valence-electron chi connectivity index (χ1n) is 12.0. The molecule has 12 nitrogen and oxygen atoms in total. The molecule has 3 heterocycles. The highest BCUT2D eigenvalue weighted by Crippen LogP contribution is 2.33. The van der Waals surface area contributed by atoms with Crippen LogP contribution < -0.4 is 5.32 Å². The number of aromatic nitrogens is 4. The van der Waals surface area contributed by atoms with E-state index in [1.165, 1.54) is 17.2 Å². The maximum absolute atomic E-state index is 11.9. The van der Waals surface area contributed by atoms with Crippen LogP contribution in [0.3, 0.4) is 0 Å². The minimum absolute atomic E-state index is 0.0541. The zero-order valence-corrected chi connectivity index (χ0v) is 20.3. The number of fused-ring (bicyclic) bond motifs is 1. The fourth-order valence-electron chi connectivity index (χ4n) is 4.24. The molecule has 1 aliphatic carbocycles. The summed E-state index contributed by atoms with van der Waals surface area (Å²) in [5.41, 5.74) is 0.898. The average Bonchev–Trinajstić information content (AvgIpc) is 3.51. The van der Waals surface area contributed by atoms with Gasteiger partial charge < -0.3 is 29.7 Å². The summed E-state index contributed by atoms with van der Waals surface area (Å²) < 4.78 is 18.1. The van der Waals surface area contributed by atoms with Crippen LogP contribution in [0.25, 0.3) is 11.2 Å². The van der Waals surface area contributed by atoms with E-state index in [1.54, 1.807) is 13.8 Å². The monoisotopic (exact) mass is 491 g/mol. The summed E-state index contributed by atoms with van der Waals surface area (Å²) in [5, 5.41) is 24.4. The van der Waals surface area contributed by atoms with Crippen LogP contribution in [0.5, 0.6) is 0 Å². The van der Waals surface area contributed by atoms with Crippen molar-refractivity contribution in [2.45, 2.75) is 83.6 Å². The zero-order chi connectivity index (χ0) is 25.3. The molecular weight excluding hydrogens is 458 g/mol. The minimum atomic E-state index is -1.27. The minimum Gasteiger partial charge on any atom is -0.463 e. The van der Waals surface area contributed by atoms with E-state index in [-0.39, 0.29) is 36.6 Å². The lowest BCUT2D eigenvalue weighted by molar-refractivity contribution is -0.154. The molecule has 4 rings (SSSR count). The first kappa shape index (κ1) is 25.3. The standard InChI is InChI=1S/C23H33N5O7/c1-11(2)22(31)33-8-15-17(29)18(30)21(35-15)28-10-26-16-19(24-9-25-20(16)28)27-13-5-6-14(7-13)34-23(32)12(3)4/h9-15,17-18,21,29-30H,5-8H2,1-4H3,(H,24,25,27)/t13-,14-,15-,17+,18-,21-/m1/s1. The second-order valence-corrected chi connectivity index (χ2v) is 9.75. The highest BCUT2D eigenvalue weighted by Gasteiger charge is 2.45. The lowest BCUT2D eigenvalue weighted by Crippen LogP contribution is -2.34. The summed E-state index contributed by atoms with van der Waals surface area (Å²) in [5.74, 6) is -0.574. The Hall–Kier alpha value is -2.83. The van der Waals surface area contributed by atoms with Crippen LogP contribution in [0, 0.1) is 11.8 Å². The van der Waals surface area contributed by atoms with Gasteiger partial charge in [0.2, 0.25) is 0 Å². The van der Waals surface area contributed by atoms with Gasteiger partial charge in [0.1, 0.15) is 37.4 Å². The molecule has 0 aromatic carbocycles. The molecule has 35 heavy (non-hydrogen) atoms. The molecule has 12 heteroatoms. The van der Waals surface area contributed by atoms with Crippen LogP contribution in [-0.2, 0) is 23.8 Å². The van der Waals surface area contributed by atoms with Gasteiger partial charge in [-0.15, -0.1) is 0 Å². The maximum atomic E-state index is 11.9.